The lowest BCUT2D eigenvalue weighted by atomic mass is 10.2. The molecule has 0 amide bonds. The number of halogens is 3. The molecule has 1 N–H and O–H groups in total. The Morgan fingerprint density at radius 3 is 2.67 bits per heavy atom. The number of ether oxygens (including phenoxy) is 1. The molecule has 2 rings (SSSR count). The van der Waals surface area contributed by atoms with Crippen LogP contribution >= 0.6 is 0 Å². The van der Waals surface area contributed by atoms with Gasteiger partial charge in [-0.3, -0.25) is 0 Å². The van der Waals surface area contributed by atoms with Gasteiger partial charge in [0.2, 0.25) is 0 Å². The van der Waals surface area contributed by atoms with Gasteiger partial charge in [-0.1, -0.05) is 30.9 Å². The smallest absolute Gasteiger partial charge is 0.182 e. The molecule has 0 unspecified atom stereocenters. The van der Waals surface area contributed by atoms with Crippen LogP contribution in [0.15, 0.2) is 49.1 Å². The molecule has 0 saturated heterocycles. The van der Waals surface area contributed by atoms with Gasteiger partial charge in [0, 0.05) is 24.2 Å². The molecule has 2 aromatic carbocycles. The van der Waals surface area contributed by atoms with Crippen LogP contribution in [-0.4, -0.2) is 6.61 Å². The monoisotopic (exact) mass is 293 g/mol. The standard InChI is InChI=1S/C16H14F3NO/c1-2-7-21-15-6-4-3-5-11(15)10-20-14-9-12(17)8-13(18)16(14)19/h2-6,8-9,20H,1,7,10H2. The zero-order valence-corrected chi connectivity index (χ0v) is 11.2. The van der Waals surface area contributed by atoms with Crippen molar-refractivity contribution in [2.24, 2.45) is 0 Å². The third-order valence-corrected chi connectivity index (χ3v) is 2.79. The van der Waals surface area contributed by atoms with Crippen molar-refractivity contribution in [1.82, 2.24) is 0 Å². The number of benzene rings is 2. The molecule has 0 saturated carbocycles. The van der Waals surface area contributed by atoms with Crippen LogP contribution < -0.4 is 10.1 Å². The molecule has 0 bridgehead atoms. The molecule has 0 aliphatic heterocycles. The lowest BCUT2D eigenvalue weighted by Crippen LogP contribution is -2.06. The van der Waals surface area contributed by atoms with Crippen molar-refractivity contribution in [1.29, 1.82) is 0 Å². The largest absolute Gasteiger partial charge is 0.489 e. The first-order valence-corrected chi connectivity index (χ1v) is 6.32. The summed E-state index contributed by atoms with van der Waals surface area (Å²) in [6.45, 7) is 4.06. The van der Waals surface area contributed by atoms with Crippen molar-refractivity contribution in [3.63, 3.8) is 0 Å². The summed E-state index contributed by atoms with van der Waals surface area (Å²) in [7, 11) is 0. The highest BCUT2D eigenvalue weighted by Crippen LogP contribution is 2.23. The highest BCUT2D eigenvalue weighted by Gasteiger charge is 2.11. The Morgan fingerprint density at radius 2 is 1.90 bits per heavy atom. The van der Waals surface area contributed by atoms with Crippen LogP contribution in [0.3, 0.4) is 0 Å². The molecular weight excluding hydrogens is 279 g/mol. The highest BCUT2D eigenvalue weighted by atomic mass is 19.2. The highest BCUT2D eigenvalue weighted by molar-refractivity contribution is 5.47. The van der Waals surface area contributed by atoms with E-state index in [4.69, 9.17) is 4.74 Å². The quantitative estimate of drug-likeness (QED) is 0.634. The van der Waals surface area contributed by atoms with Gasteiger partial charge in [-0.25, -0.2) is 13.2 Å². The second-order valence-corrected chi connectivity index (χ2v) is 4.31. The van der Waals surface area contributed by atoms with E-state index in [1.807, 2.05) is 0 Å². The number of hydrogen-bond donors (Lipinski definition) is 1. The summed E-state index contributed by atoms with van der Waals surface area (Å²) >= 11 is 0. The van der Waals surface area contributed by atoms with Crippen LogP contribution in [0.4, 0.5) is 18.9 Å². The molecule has 2 aromatic rings. The summed E-state index contributed by atoms with van der Waals surface area (Å²) in [5.41, 5.74) is 0.509. The molecule has 0 spiro atoms. The average molecular weight is 293 g/mol. The normalized spacial score (nSPS) is 10.2. The van der Waals surface area contributed by atoms with Gasteiger partial charge in [-0.15, -0.1) is 0 Å². The zero-order valence-electron chi connectivity index (χ0n) is 11.2. The van der Waals surface area contributed by atoms with E-state index in [1.165, 1.54) is 0 Å². The molecule has 0 aliphatic rings. The number of anilines is 1. The SMILES string of the molecule is C=CCOc1ccccc1CNc1cc(F)cc(F)c1F. The summed E-state index contributed by atoms with van der Waals surface area (Å²) in [6.07, 6.45) is 1.60. The maximum absolute atomic E-state index is 13.5. The predicted octanol–water partition coefficient (Wildman–Crippen LogP) is 4.28. The van der Waals surface area contributed by atoms with E-state index >= 15 is 0 Å². The first-order chi connectivity index (χ1) is 10.1. The summed E-state index contributed by atoms with van der Waals surface area (Å²) in [5, 5.41) is 2.67. The topological polar surface area (TPSA) is 21.3 Å². The fourth-order valence-corrected chi connectivity index (χ4v) is 1.81. The van der Waals surface area contributed by atoms with Crippen LogP contribution in [0.2, 0.25) is 0 Å². The molecule has 2 nitrogen and oxygen atoms in total. The summed E-state index contributed by atoms with van der Waals surface area (Å²) < 4.78 is 45.2. The van der Waals surface area contributed by atoms with Crippen molar-refractivity contribution in [3.8, 4) is 5.75 Å². The number of para-hydroxylation sites is 1. The Morgan fingerprint density at radius 1 is 1.14 bits per heavy atom. The molecule has 110 valence electrons. The van der Waals surface area contributed by atoms with Gasteiger partial charge in [0.15, 0.2) is 11.6 Å². The maximum Gasteiger partial charge on any atom is 0.182 e. The first kappa shape index (κ1) is 15.0. The minimum absolute atomic E-state index is 0.174. The summed E-state index contributed by atoms with van der Waals surface area (Å²) in [4.78, 5) is 0. The Labute approximate surface area is 120 Å². The number of rotatable bonds is 6. The van der Waals surface area contributed by atoms with E-state index in [9.17, 15) is 13.2 Å². The summed E-state index contributed by atoms with van der Waals surface area (Å²) in [6, 6.07) is 8.53. The van der Waals surface area contributed by atoms with E-state index in [2.05, 4.69) is 11.9 Å². The third-order valence-electron chi connectivity index (χ3n) is 2.79. The number of hydrogen-bond acceptors (Lipinski definition) is 2. The Balaban J connectivity index is 2.15. The van der Waals surface area contributed by atoms with Crippen molar-refractivity contribution in [3.05, 3.63) is 72.1 Å². The molecule has 0 fully saturated rings. The van der Waals surface area contributed by atoms with Gasteiger partial charge >= 0.3 is 0 Å². The van der Waals surface area contributed by atoms with E-state index in [0.29, 0.717) is 18.4 Å². The van der Waals surface area contributed by atoms with Crippen LogP contribution in [0.1, 0.15) is 5.56 Å². The minimum Gasteiger partial charge on any atom is -0.489 e. The van der Waals surface area contributed by atoms with Crippen LogP contribution in [0.25, 0.3) is 0 Å². The Hall–Kier alpha value is -2.43. The van der Waals surface area contributed by atoms with E-state index in [-0.39, 0.29) is 12.2 Å². The summed E-state index contributed by atoms with van der Waals surface area (Å²) in [5.74, 6) is -2.58. The molecular formula is C16H14F3NO. The fourth-order valence-electron chi connectivity index (χ4n) is 1.81. The van der Waals surface area contributed by atoms with Crippen molar-refractivity contribution in [2.45, 2.75) is 6.54 Å². The molecule has 0 aromatic heterocycles. The van der Waals surface area contributed by atoms with Crippen molar-refractivity contribution in [2.75, 3.05) is 11.9 Å². The zero-order chi connectivity index (χ0) is 15.2. The van der Waals surface area contributed by atoms with Gasteiger partial charge in [0.1, 0.15) is 18.2 Å². The van der Waals surface area contributed by atoms with E-state index in [0.717, 1.165) is 11.6 Å². The molecule has 0 atom stereocenters. The third kappa shape index (κ3) is 3.78. The van der Waals surface area contributed by atoms with Gasteiger partial charge in [-0.05, 0) is 6.07 Å². The van der Waals surface area contributed by atoms with Crippen LogP contribution in [0, 0.1) is 17.5 Å². The minimum atomic E-state index is -1.23. The van der Waals surface area contributed by atoms with Crippen LogP contribution in [-0.2, 0) is 6.54 Å². The van der Waals surface area contributed by atoms with Crippen LogP contribution in [0.5, 0.6) is 5.75 Å². The van der Waals surface area contributed by atoms with E-state index < -0.39 is 17.5 Å². The van der Waals surface area contributed by atoms with Gasteiger partial charge < -0.3 is 10.1 Å². The van der Waals surface area contributed by atoms with Gasteiger partial charge in [0.25, 0.3) is 0 Å². The number of nitrogens with one attached hydrogen (secondary N) is 1. The lowest BCUT2D eigenvalue weighted by molar-refractivity contribution is 0.359. The molecule has 21 heavy (non-hydrogen) atoms. The fraction of sp³-hybridized carbons (Fsp3) is 0.125. The maximum atomic E-state index is 13.5. The molecule has 5 heteroatoms. The second-order valence-electron chi connectivity index (χ2n) is 4.31. The Bertz CT molecular complexity index is 643. The first-order valence-electron chi connectivity index (χ1n) is 6.32. The molecule has 0 radical (unpaired) electrons. The second kappa shape index (κ2) is 6.83. The van der Waals surface area contributed by atoms with Gasteiger partial charge in [0.05, 0.1) is 5.69 Å². The molecule has 0 aliphatic carbocycles. The molecule has 0 heterocycles. The van der Waals surface area contributed by atoms with Crippen molar-refractivity contribution >= 4 is 5.69 Å². The average Bonchev–Trinajstić information content (AvgIpc) is 2.48. The Kier molecular flexibility index (Phi) is 4.87. The van der Waals surface area contributed by atoms with Crippen molar-refractivity contribution < 1.29 is 17.9 Å². The predicted molar refractivity (Wildman–Crippen MR) is 75.8 cm³/mol. The van der Waals surface area contributed by atoms with E-state index in [1.54, 1.807) is 30.3 Å². The lowest BCUT2D eigenvalue weighted by Gasteiger charge is -2.12. The van der Waals surface area contributed by atoms with Gasteiger partial charge in [-0.2, -0.15) is 0 Å².